The fourth-order valence-corrected chi connectivity index (χ4v) is 1.06. The standard InChI is InChI=1S/C10H15NO2/c11-6-8-13-10-3-1-9(2-4-10)5-7-12/h1-4,12H,5-8,11H2. The number of ether oxygens (including phenoxy) is 1. The third-order valence-corrected chi connectivity index (χ3v) is 1.71. The molecule has 72 valence electrons. The van der Waals surface area contributed by atoms with Gasteiger partial charge >= 0.3 is 0 Å². The molecule has 3 nitrogen and oxygen atoms in total. The topological polar surface area (TPSA) is 55.5 Å². The summed E-state index contributed by atoms with van der Waals surface area (Å²) in [5.41, 5.74) is 6.41. The Labute approximate surface area is 78.1 Å². The minimum atomic E-state index is 0.184. The summed E-state index contributed by atoms with van der Waals surface area (Å²) in [6.07, 6.45) is 0.692. The lowest BCUT2D eigenvalue weighted by Gasteiger charge is -2.04. The summed E-state index contributed by atoms with van der Waals surface area (Å²) in [6, 6.07) is 7.67. The Kier molecular flexibility index (Phi) is 4.29. The molecule has 0 saturated heterocycles. The van der Waals surface area contributed by atoms with E-state index < -0.39 is 0 Å². The SMILES string of the molecule is NCCOc1ccc(CCO)cc1. The highest BCUT2D eigenvalue weighted by Crippen LogP contribution is 2.11. The van der Waals surface area contributed by atoms with Crippen LogP contribution in [0.25, 0.3) is 0 Å². The van der Waals surface area contributed by atoms with Gasteiger partial charge in [-0.3, -0.25) is 0 Å². The van der Waals surface area contributed by atoms with E-state index in [4.69, 9.17) is 15.6 Å². The Morgan fingerprint density at radius 1 is 1.23 bits per heavy atom. The van der Waals surface area contributed by atoms with Gasteiger partial charge in [0.1, 0.15) is 12.4 Å². The highest BCUT2D eigenvalue weighted by molar-refractivity contribution is 5.27. The van der Waals surface area contributed by atoms with E-state index >= 15 is 0 Å². The van der Waals surface area contributed by atoms with E-state index in [1.807, 2.05) is 24.3 Å². The van der Waals surface area contributed by atoms with Crippen LogP contribution >= 0.6 is 0 Å². The Morgan fingerprint density at radius 3 is 2.46 bits per heavy atom. The monoisotopic (exact) mass is 181 g/mol. The molecule has 3 heteroatoms. The van der Waals surface area contributed by atoms with Gasteiger partial charge in [0.2, 0.25) is 0 Å². The fraction of sp³-hybridized carbons (Fsp3) is 0.400. The minimum Gasteiger partial charge on any atom is -0.492 e. The van der Waals surface area contributed by atoms with Gasteiger partial charge in [0, 0.05) is 13.2 Å². The normalized spacial score (nSPS) is 10.0. The van der Waals surface area contributed by atoms with E-state index in [1.165, 1.54) is 0 Å². The second-order valence-electron chi connectivity index (χ2n) is 2.75. The van der Waals surface area contributed by atoms with Gasteiger partial charge < -0.3 is 15.6 Å². The maximum Gasteiger partial charge on any atom is 0.119 e. The molecular weight excluding hydrogens is 166 g/mol. The number of nitrogens with two attached hydrogens (primary N) is 1. The van der Waals surface area contributed by atoms with Crippen molar-refractivity contribution >= 4 is 0 Å². The van der Waals surface area contributed by atoms with Crippen molar-refractivity contribution in [3.8, 4) is 5.75 Å². The molecule has 0 aromatic heterocycles. The molecule has 0 fully saturated rings. The number of benzene rings is 1. The zero-order valence-electron chi connectivity index (χ0n) is 7.57. The van der Waals surface area contributed by atoms with Gasteiger partial charge in [0.15, 0.2) is 0 Å². The van der Waals surface area contributed by atoms with E-state index in [0.717, 1.165) is 11.3 Å². The van der Waals surface area contributed by atoms with Crippen LogP contribution in [0.1, 0.15) is 5.56 Å². The summed E-state index contributed by atoms with van der Waals surface area (Å²) in [4.78, 5) is 0. The van der Waals surface area contributed by atoms with Crippen LogP contribution in [0.2, 0.25) is 0 Å². The lowest BCUT2D eigenvalue weighted by Crippen LogP contribution is -2.10. The molecule has 0 heterocycles. The first-order valence-electron chi connectivity index (χ1n) is 4.39. The van der Waals surface area contributed by atoms with Gasteiger partial charge in [-0.2, -0.15) is 0 Å². The highest BCUT2D eigenvalue weighted by Gasteiger charge is 1.93. The number of hydrogen-bond acceptors (Lipinski definition) is 3. The van der Waals surface area contributed by atoms with Gasteiger partial charge in [-0.25, -0.2) is 0 Å². The molecule has 0 amide bonds. The summed E-state index contributed by atoms with van der Waals surface area (Å²) in [5, 5.41) is 8.68. The maximum atomic E-state index is 8.68. The van der Waals surface area contributed by atoms with Crippen molar-refractivity contribution < 1.29 is 9.84 Å². The van der Waals surface area contributed by atoms with E-state index in [1.54, 1.807) is 0 Å². The van der Waals surface area contributed by atoms with Crippen LogP contribution in [0.3, 0.4) is 0 Å². The molecule has 3 N–H and O–H groups in total. The number of aliphatic hydroxyl groups is 1. The van der Waals surface area contributed by atoms with Crippen LogP contribution in [0, 0.1) is 0 Å². The molecule has 0 unspecified atom stereocenters. The Balaban J connectivity index is 2.48. The van der Waals surface area contributed by atoms with Crippen LogP contribution in [-0.4, -0.2) is 24.9 Å². The lowest BCUT2D eigenvalue weighted by molar-refractivity contribution is 0.299. The Morgan fingerprint density at radius 2 is 1.92 bits per heavy atom. The lowest BCUT2D eigenvalue weighted by atomic mass is 10.1. The summed E-state index contributed by atoms with van der Waals surface area (Å²) in [5.74, 6) is 0.826. The zero-order chi connectivity index (χ0) is 9.52. The van der Waals surface area contributed by atoms with Crippen molar-refractivity contribution in [1.82, 2.24) is 0 Å². The minimum absolute atomic E-state index is 0.184. The second-order valence-corrected chi connectivity index (χ2v) is 2.75. The van der Waals surface area contributed by atoms with Crippen molar-refractivity contribution in [1.29, 1.82) is 0 Å². The maximum absolute atomic E-state index is 8.68. The van der Waals surface area contributed by atoms with Crippen LogP contribution in [0.15, 0.2) is 24.3 Å². The van der Waals surface area contributed by atoms with Crippen LogP contribution in [0.4, 0.5) is 0 Å². The molecule has 0 aliphatic carbocycles. The first-order chi connectivity index (χ1) is 6.36. The molecule has 1 rings (SSSR count). The molecular formula is C10H15NO2. The number of hydrogen-bond donors (Lipinski definition) is 2. The predicted molar refractivity (Wildman–Crippen MR) is 51.8 cm³/mol. The molecule has 1 aromatic rings. The molecule has 0 radical (unpaired) electrons. The zero-order valence-corrected chi connectivity index (χ0v) is 7.57. The number of rotatable bonds is 5. The highest BCUT2D eigenvalue weighted by atomic mass is 16.5. The summed E-state index contributed by atoms with van der Waals surface area (Å²) >= 11 is 0. The molecule has 0 spiro atoms. The van der Waals surface area contributed by atoms with Gasteiger partial charge in [-0.05, 0) is 24.1 Å². The van der Waals surface area contributed by atoms with Crippen molar-refractivity contribution in [3.63, 3.8) is 0 Å². The Bertz CT molecular complexity index is 233. The predicted octanol–water partition coefficient (Wildman–Crippen LogP) is 0.559. The third kappa shape index (κ3) is 3.44. The fourth-order valence-electron chi connectivity index (χ4n) is 1.06. The van der Waals surface area contributed by atoms with Crippen molar-refractivity contribution in [2.45, 2.75) is 6.42 Å². The molecule has 0 aliphatic rings. The van der Waals surface area contributed by atoms with Gasteiger partial charge in [0.25, 0.3) is 0 Å². The summed E-state index contributed by atoms with van der Waals surface area (Å²) in [6.45, 7) is 1.25. The largest absolute Gasteiger partial charge is 0.492 e. The third-order valence-electron chi connectivity index (χ3n) is 1.71. The molecule has 0 saturated carbocycles. The second kappa shape index (κ2) is 5.56. The van der Waals surface area contributed by atoms with Crippen LogP contribution in [0.5, 0.6) is 5.75 Å². The van der Waals surface area contributed by atoms with Crippen LogP contribution in [-0.2, 0) is 6.42 Å². The first kappa shape index (κ1) is 10.0. The summed E-state index contributed by atoms with van der Waals surface area (Å²) in [7, 11) is 0. The quantitative estimate of drug-likeness (QED) is 0.697. The molecule has 13 heavy (non-hydrogen) atoms. The van der Waals surface area contributed by atoms with Gasteiger partial charge in [0.05, 0.1) is 0 Å². The Hall–Kier alpha value is -1.06. The average Bonchev–Trinajstić information content (AvgIpc) is 2.17. The molecule has 0 bridgehead atoms. The average molecular weight is 181 g/mol. The van der Waals surface area contributed by atoms with E-state index in [0.29, 0.717) is 19.6 Å². The van der Waals surface area contributed by atoms with E-state index in [9.17, 15) is 0 Å². The summed E-state index contributed by atoms with van der Waals surface area (Å²) < 4.78 is 5.30. The van der Waals surface area contributed by atoms with Crippen molar-refractivity contribution in [2.75, 3.05) is 19.8 Å². The van der Waals surface area contributed by atoms with E-state index in [2.05, 4.69) is 0 Å². The molecule has 1 aromatic carbocycles. The van der Waals surface area contributed by atoms with Gasteiger partial charge in [-0.1, -0.05) is 12.1 Å². The van der Waals surface area contributed by atoms with Crippen LogP contribution < -0.4 is 10.5 Å². The van der Waals surface area contributed by atoms with Crippen molar-refractivity contribution in [2.24, 2.45) is 5.73 Å². The smallest absolute Gasteiger partial charge is 0.119 e. The molecule has 0 atom stereocenters. The first-order valence-corrected chi connectivity index (χ1v) is 4.39. The number of aliphatic hydroxyl groups excluding tert-OH is 1. The molecule has 0 aliphatic heterocycles. The van der Waals surface area contributed by atoms with E-state index in [-0.39, 0.29) is 6.61 Å². The van der Waals surface area contributed by atoms with Gasteiger partial charge in [-0.15, -0.1) is 0 Å². The van der Waals surface area contributed by atoms with Crippen molar-refractivity contribution in [3.05, 3.63) is 29.8 Å².